The first-order chi connectivity index (χ1) is 6.42. The minimum Gasteiger partial charge on any atom is -0.312 e. The summed E-state index contributed by atoms with van der Waals surface area (Å²) >= 11 is 0. The second-order valence-corrected chi connectivity index (χ2v) is 7.77. The maximum atomic E-state index is 12.3. The largest absolute Gasteiger partial charge is 0.312 e. The predicted molar refractivity (Wildman–Crippen MR) is 58.1 cm³/mol. The first kappa shape index (κ1) is 9.83. The van der Waals surface area contributed by atoms with Crippen molar-refractivity contribution in [3.8, 4) is 0 Å². The van der Waals surface area contributed by atoms with Crippen LogP contribution in [0.1, 0.15) is 11.6 Å². The third kappa shape index (κ3) is 1.30. The molecule has 14 heavy (non-hydrogen) atoms. The Balaban J connectivity index is 2.67. The number of rotatable bonds is 1. The fraction of sp³-hybridized carbons (Fsp3) is 0.400. The molecule has 1 unspecified atom stereocenters. The Morgan fingerprint density at radius 3 is 2.79 bits per heavy atom. The second kappa shape index (κ2) is 2.66. The van der Waals surface area contributed by atoms with Crippen LogP contribution in [-0.2, 0) is 9.35 Å². The van der Waals surface area contributed by atoms with E-state index in [9.17, 15) is 8.76 Å². The zero-order valence-corrected chi connectivity index (χ0v) is 9.17. The van der Waals surface area contributed by atoms with E-state index in [1.165, 1.54) is 6.26 Å². The van der Waals surface area contributed by atoms with Gasteiger partial charge >= 0.3 is 0 Å². The van der Waals surface area contributed by atoms with Crippen LogP contribution in [0.3, 0.4) is 0 Å². The monoisotopic (exact) mass is 213 g/mol. The van der Waals surface area contributed by atoms with E-state index in [0.717, 1.165) is 5.56 Å². The summed E-state index contributed by atoms with van der Waals surface area (Å²) in [6, 6.07) is 7.38. The Bertz CT molecular complexity index is 436. The number of hydrogen-bond acceptors (Lipinski definition) is 2. The lowest BCUT2D eigenvalue weighted by Crippen LogP contribution is -2.33. The molecule has 2 N–H and O–H groups in total. The van der Waals surface area contributed by atoms with E-state index < -0.39 is 9.35 Å². The van der Waals surface area contributed by atoms with Gasteiger partial charge in [-0.2, -0.15) is 9.35 Å². The summed E-state index contributed by atoms with van der Waals surface area (Å²) in [5.74, 6) is 0.285. The van der Waals surface area contributed by atoms with E-state index in [1.807, 2.05) is 25.2 Å². The van der Waals surface area contributed by atoms with E-state index in [0.29, 0.717) is 4.90 Å². The summed E-state index contributed by atoms with van der Waals surface area (Å²) < 4.78 is 22.4. The van der Waals surface area contributed by atoms with Gasteiger partial charge in [-0.3, -0.25) is 4.55 Å². The number of benzene rings is 1. The topological polar surface area (TPSA) is 49.3 Å². The summed E-state index contributed by atoms with van der Waals surface area (Å²) in [5.41, 5.74) is 0.956. The van der Waals surface area contributed by atoms with Crippen molar-refractivity contribution < 1.29 is 8.76 Å². The highest BCUT2D eigenvalue weighted by atomic mass is 32.3. The molecule has 0 amide bonds. The van der Waals surface area contributed by atoms with Crippen molar-refractivity contribution in [1.29, 1.82) is 0 Å². The maximum absolute atomic E-state index is 12.3. The summed E-state index contributed by atoms with van der Waals surface area (Å²) in [7, 11) is -1.76. The fourth-order valence-corrected chi connectivity index (χ4v) is 4.61. The predicted octanol–water partition coefficient (Wildman–Crippen LogP) is 1.24. The molecule has 4 heteroatoms. The summed E-state index contributed by atoms with van der Waals surface area (Å²) in [5, 5.41) is 3.07. The van der Waals surface area contributed by atoms with Crippen LogP contribution < -0.4 is 5.32 Å². The summed E-state index contributed by atoms with van der Waals surface area (Å²) in [6.07, 6.45) is 1.45. The molecule has 3 nitrogen and oxygen atoms in total. The Kier molecular flexibility index (Phi) is 1.86. The molecule has 1 aromatic rings. The molecular formula is C10H15NO2S. The van der Waals surface area contributed by atoms with Crippen molar-refractivity contribution in [3.05, 3.63) is 29.8 Å². The first-order valence-corrected chi connectivity index (χ1v) is 7.06. The average molecular weight is 213 g/mol. The highest BCUT2D eigenvalue weighted by Crippen LogP contribution is 2.44. The highest BCUT2D eigenvalue weighted by molar-refractivity contribution is 8.14. The van der Waals surface area contributed by atoms with Gasteiger partial charge in [-0.15, -0.1) is 0 Å². The van der Waals surface area contributed by atoms with Gasteiger partial charge in [0.05, 0.1) is 16.7 Å². The van der Waals surface area contributed by atoms with Crippen molar-refractivity contribution in [2.45, 2.75) is 10.9 Å². The van der Waals surface area contributed by atoms with Crippen molar-refractivity contribution in [3.63, 3.8) is 0 Å². The molecule has 1 atom stereocenters. The molecule has 78 valence electrons. The van der Waals surface area contributed by atoms with Crippen LogP contribution in [0.4, 0.5) is 0 Å². The fourth-order valence-electron chi connectivity index (χ4n) is 2.06. The van der Waals surface area contributed by atoms with E-state index in [4.69, 9.17) is 0 Å². The van der Waals surface area contributed by atoms with Crippen LogP contribution >= 0.6 is 0 Å². The van der Waals surface area contributed by atoms with Gasteiger partial charge in [-0.25, -0.2) is 4.21 Å². The van der Waals surface area contributed by atoms with Crippen LogP contribution in [0.25, 0.3) is 0 Å². The molecule has 0 spiro atoms. The number of nitrogens with one attached hydrogen (secondary N) is 1. The Morgan fingerprint density at radius 2 is 2.14 bits per heavy atom. The lowest BCUT2D eigenvalue weighted by atomic mass is 10.1. The van der Waals surface area contributed by atoms with Crippen LogP contribution in [0.15, 0.2) is 29.2 Å². The lowest BCUT2D eigenvalue weighted by Gasteiger charge is -2.34. The van der Waals surface area contributed by atoms with Gasteiger partial charge in [0.25, 0.3) is 0 Å². The van der Waals surface area contributed by atoms with E-state index >= 15 is 0 Å². The zero-order chi connectivity index (χ0) is 10.4. The molecule has 0 fully saturated rings. The minimum atomic E-state index is -3.57. The van der Waals surface area contributed by atoms with E-state index in [-0.39, 0.29) is 11.8 Å². The molecule has 1 heterocycles. The van der Waals surface area contributed by atoms with E-state index in [2.05, 4.69) is 5.32 Å². The Hall–Kier alpha value is -0.710. The van der Waals surface area contributed by atoms with Crippen LogP contribution in [0.2, 0.25) is 0 Å². The lowest BCUT2D eigenvalue weighted by molar-refractivity contribution is 0.518. The van der Waals surface area contributed by atoms with Crippen molar-refractivity contribution in [1.82, 2.24) is 5.32 Å². The molecule has 1 aromatic carbocycles. The number of hydrogen-bond donors (Lipinski definition) is 2. The summed E-state index contributed by atoms with van der Waals surface area (Å²) in [6.45, 7) is 0. The van der Waals surface area contributed by atoms with Crippen LogP contribution in [0.5, 0.6) is 0 Å². The van der Waals surface area contributed by atoms with Gasteiger partial charge in [0.2, 0.25) is 0 Å². The molecule has 0 saturated heterocycles. The normalized spacial score (nSPS) is 30.2. The molecule has 1 aliphatic rings. The first-order valence-electron chi connectivity index (χ1n) is 4.56. The van der Waals surface area contributed by atoms with Gasteiger partial charge in [-0.05, 0) is 18.7 Å². The standard InChI is InChI=1S/C10H15NO2S/c1-11-9-7-14(2,12,13)10-6-4-3-5-8(9)10/h3-6,9,11H,7H2,1-2H3,(H,12,13). The van der Waals surface area contributed by atoms with Gasteiger partial charge in [0, 0.05) is 6.26 Å². The Labute approximate surface area is 83.7 Å². The molecular weight excluding hydrogens is 198 g/mol. The SMILES string of the molecule is CNC1CS(C)(=O)(O)c2ccccc21. The molecule has 0 aliphatic carbocycles. The molecule has 0 radical (unpaired) electrons. The molecule has 0 saturated carbocycles. The Morgan fingerprint density at radius 1 is 1.50 bits per heavy atom. The molecule has 1 aliphatic heterocycles. The summed E-state index contributed by atoms with van der Waals surface area (Å²) in [4.78, 5) is 0.601. The third-order valence-electron chi connectivity index (χ3n) is 2.77. The maximum Gasteiger partial charge on any atom is 0.0588 e. The van der Waals surface area contributed by atoms with Gasteiger partial charge in [-0.1, -0.05) is 18.2 Å². The molecule has 0 aromatic heterocycles. The highest BCUT2D eigenvalue weighted by Gasteiger charge is 2.38. The van der Waals surface area contributed by atoms with Crippen molar-refractivity contribution in [2.24, 2.45) is 0 Å². The van der Waals surface area contributed by atoms with Gasteiger partial charge < -0.3 is 5.32 Å². The van der Waals surface area contributed by atoms with Gasteiger partial charge in [0.15, 0.2) is 0 Å². The second-order valence-electron chi connectivity index (χ2n) is 4.03. The van der Waals surface area contributed by atoms with Crippen LogP contribution in [0, 0.1) is 0 Å². The average Bonchev–Trinajstić information content (AvgIpc) is 2.35. The van der Waals surface area contributed by atoms with E-state index in [1.54, 1.807) is 6.07 Å². The van der Waals surface area contributed by atoms with Crippen LogP contribution in [-0.4, -0.2) is 27.8 Å². The van der Waals surface area contributed by atoms with Crippen molar-refractivity contribution >= 4 is 9.35 Å². The minimum absolute atomic E-state index is 0.000648. The zero-order valence-electron chi connectivity index (χ0n) is 8.36. The molecule has 0 bridgehead atoms. The smallest absolute Gasteiger partial charge is 0.0588 e. The van der Waals surface area contributed by atoms with Crippen molar-refractivity contribution in [2.75, 3.05) is 19.1 Å². The third-order valence-corrected chi connectivity index (χ3v) is 5.38. The quantitative estimate of drug-likeness (QED) is 0.738. The van der Waals surface area contributed by atoms with Gasteiger partial charge in [0.1, 0.15) is 0 Å². The molecule has 2 rings (SSSR count). The number of fused-ring (bicyclic) bond motifs is 1.